The normalized spacial score (nSPS) is 11.3. The molecule has 10 heteroatoms. The molecule has 0 aliphatic carbocycles. The molecule has 0 bridgehead atoms. The summed E-state index contributed by atoms with van der Waals surface area (Å²) in [5, 5.41) is 33.6. The van der Waals surface area contributed by atoms with E-state index in [0.717, 1.165) is 66.6 Å². The number of aliphatic hydroxyl groups is 2. The van der Waals surface area contributed by atoms with Gasteiger partial charge >= 0.3 is 0 Å². The van der Waals surface area contributed by atoms with Crippen LogP contribution in [0.1, 0.15) is 22.3 Å². The van der Waals surface area contributed by atoms with Gasteiger partial charge in [-0.05, 0) is 83.6 Å². The zero-order valence-corrected chi connectivity index (χ0v) is 26.0. The number of rotatable bonds is 13. The van der Waals surface area contributed by atoms with Gasteiger partial charge < -0.3 is 31.5 Å². The summed E-state index contributed by atoms with van der Waals surface area (Å²) in [7, 11) is 0. The minimum absolute atomic E-state index is 0.101. The van der Waals surface area contributed by atoms with Gasteiger partial charge in [0.25, 0.3) is 0 Å². The standard InChI is InChI=1S/C36H38N8O2/c1-23-29(5-3-7-31(23)43-35-33-27(9-11-39-35)17-25(21-41-33)19-37-13-15-45)30-6-4-8-32(24(30)2)44-36-34-28(10-12-40-36)18-26(22-42-34)20-38-14-16-46/h3-12,17-18,21-22,37-38,45-46H,13-16,19-20H2,1-2H3,(H,39,43)(H,40,44). The smallest absolute Gasteiger partial charge is 0.156 e. The lowest BCUT2D eigenvalue weighted by molar-refractivity contribution is 0.291. The maximum Gasteiger partial charge on any atom is 0.156 e. The third kappa shape index (κ3) is 6.80. The zero-order valence-electron chi connectivity index (χ0n) is 26.0. The Morgan fingerprint density at radius 3 is 1.48 bits per heavy atom. The van der Waals surface area contributed by atoms with Crippen molar-refractivity contribution in [1.82, 2.24) is 30.6 Å². The molecule has 4 heterocycles. The van der Waals surface area contributed by atoms with Crippen molar-refractivity contribution in [3.8, 4) is 11.1 Å². The Morgan fingerprint density at radius 1 is 0.587 bits per heavy atom. The van der Waals surface area contributed by atoms with Gasteiger partial charge in [-0.2, -0.15) is 0 Å². The van der Waals surface area contributed by atoms with Gasteiger partial charge in [-0.1, -0.05) is 24.3 Å². The molecular weight excluding hydrogens is 576 g/mol. The van der Waals surface area contributed by atoms with Crippen molar-refractivity contribution in [2.75, 3.05) is 36.9 Å². The van der Waals surface area contributed by atoms with Crippen LogP contribution in [-0.4, -0.2) is 56.5 Å². The van der Waals surface area contributed by atoms with Crippen LogP contribution in [-0.2, 0) is 13.1 Å². The summed E-state index contributed by atoms with van der Waals surface area (Å²) >= 11 is 0. The Hall–Kier alpha value is -5.00. The van der Waals surface area contributed by atoms with Gasteiger partial charge in [0.15, 0.2) is 11.6 Å². The number of aromatic nitrogens is 4. The summed E-state index contributed by atoms with van der Waals surface area (Å²) in [6.07, 6.45) is 7.28. The van der Waals surface area contributed by atoms with Crippen LogP contribution in [0.4, 0.5) is 23.0 Å². The van der Waals surface area contributed by atoms with Gasteiger partial charge in [0.2, 0.25) is 0 Å². The van der Waals surface area contributed by atoms with Crippen molar-refractivity contribution < 1.29 is 10.2 Å². The molecule has 0 aliphatic heterocycles. The Kier molecular flexibility index (Phi) is 9.70. The molecule has 0 spiro atoms. The number of pyridine rings is 4. The first-order chi connectivity index (χ1) is 22.6. The highest BCUT2D eigenvalue weighted by Crippen LogP contribution is 2.36. The van der Waals surface area contributed by atoms with Crippen molar-refractivity contribution in [1.29, 1.82) is 0 Å². The Labute approximate surface area is 268 Å². The molecule has 0 unspecified atom stereocenters. The number of aliphatic hydroxyl groups excluding tert-OH is 2. The van der Waals surface area contributed by atoms with Gasteiger partial charge in [0, 0.05) is 73.1 Å². The van der Waals surface area contributed by atoms with Crippen LogP contribution in [0.2, 0.25) is 0 Å². The summed E-state index contributed by atoms with van der Waals surface area (Å²) in [4.78, 5) is 18.7. The van der Waals surface area contributed by atoms with Crippen molar-refractivity contribution in [2.24, 2.45) is 0 Å². The molecule has 0 radical (unpaired) electrons. The van der Waals surface area contributed by atoms with Crippen LogP contribution < -0.4 is 21.3 Å². The lowest BCUT2D eigenvalue weighted by Crippen LogP contribution is -2.17. The van der Waals surface area contributed by atoms with E-state index in [-0.39, 0.29) is 13.2 Å². The van der Waals surface area contributed by atoms with Gasteiger partial charge in [-0.3, -0.25) is 9.97 Å². The van der Waals surface area contributed by atoms with Crippen LogP contribution in [0, 0.1) is 13.8 Å². The van der Waals surface area contributed by atoms with E-state index in [2.05, 4.69) is 93.6 Å². The lowest BCUT2D eigenvalue weighted by atomic mass is 9.94. The predicted octanol–water partition coefficient (Wildman–Crippen LogP) is 5.51. The average Bonchev–Trinajstić information content (AvgIpc) is 3.07. The summed E-state index contributed by atoms with van der Waals surface area (Å²) in [6, 6.07) is 20.6. The molecule has 2 aromatic carbocycles. The first kappa shape index (κ1) is 31.0. The number of benzene rings is 2. The first-order valence-corrected chi connectivity index (χ1v) is 15.4. The zero-order chi connectivity index (χ0) is 31.9. The summed E-state index contributed by atoms with van der Waals surface area (Å²) in [6.45, 7) is 6.79. The van der Waals surface area contributed by atoms with Crippen molar-refractivity contribution in [2.45, 2.75) is 26.9 Å². The average molecular weight is 615 g/mol. The molecule has 0 atom stereocenters. The lowest BCUT2D eigenvalue weighted by Gasteiger charge is -2.18. The minimum atomic E-state index is 0.101. The second-order valence-electron chi connectivity index (χ2n) is 11.2. The Balaban J connectivity index is 1.26. The maximum atomic E-state index is 9.05. The third-order valence-electron chi connectivity index (χ3n) is 8.01. The monoisotopic (exact) mass is 614 g/mol. The predicted molar refractivity (Wildman–Crippen MR) is 185 cm³/mol. The summed E-state index contributed by atoms with van der Waals surface area (Å²) < 4.78 is 0. The molecule has 10 nitrogen and oxygen atoms in total. The number of hydrogen-bond acceptors (Lipinski definition) is 10. The molecule has 46 heavy (non-hydrogen) atoms. The van der Waals surface area contributed by atoms with Crippen LogP contribution in [0.25, 0.3) is 32.9 Å². The number of hydrogen-bond donors (Lipinski definition) is 6. The van der Waals surface area contributed by atoms with Crippen LogP contribution in [0.15, 0.2) is 85.5 Å². The molecule has 0 saturated heterocycles. The van der Waals surface area contributed by atoms with E-state index in [4.69, 9.17) is 20.2 Å². The highest BCUT2D eigenvalue weighted by atomic mass is 16.3. The van der Waals surface area contributed by atoms with E-state index in [1.807, 2.05) is 24.5 Å². The maximum absolute atomic E-state index is 9.05. The third-order valence-corrected chi connectivity index (χ3v) is 8.01. The number of anilines is 4. The molecule has 6 N–H and O–H groups in total. The van der Waals surface area contributed by atoms with Crippen molar-refractivity contribution >= 4 is 44.8 Å². The van der Waals surface area contributed by atoms with Gasteiger partial charge in [-0.15, -0.1) is 0 Å². The Morgan fingerprint density at radius 2 is 1.04 bits per heavy atom. The largest absolute Gasteiger partial charge is 0.395 e. The fourth-order valence-corrected chi connectivity index (χ4v) is 5.59. The number of nitrogens with zero attached hydrogens (tertiary/aromatic N) is 4. The quantitative estimate of drug-likeness (QED) is 0.0923. The highest BCUT2D eigenvalue weighted by Gasteiger charge is 2.14. The van der Waals surface area contributed by atoms with E-state index < -0.39 is 0 Å². The van der Waals surface area contributed by atoms with Crippen LogP contribution in [0.3, 0.4) is 0 Å². The molecule has 6 rings (SSSR count). The number of nitrogens with one attached hydrogen (secondary N) is 4. The molecule has 0 amide bonds. The van der Waals surface area contributed by atoms with Crippen molar-refractivity contribution in [3.05, 3.63) is 108 Å². The van der Waals surface area contributed by atoms with E-state index in [1.54, 1.807) is 12.4 Å². The van der Waals surface area contributed by atoms with Gasteiger partial charge in [0.1, 0.15) is 11.0 Å². The van der Waals surface area contributed by atoms with E-state index >= 15 is 0 Å². The molecule has 6 aromatic rings. The summed E-state index contributed by atoms with van der Waals surface area (Å²) in [5.41, 5.74) is 10.0. The SMILES string of the molecule is Cc1c(Nc2nccc3cc(CNCCO)cnc23)cccc1-c1cccc(Nc2nccc3cc(CNCCO)cnc23)c1C. The molecule has 234 valence electrons. The second-order valence-corrected chi connectivity index (χ2v) is 11.2. The van der Waals surface area contributed by atoms with Gasteiger partial charge in [-0.25, -0.2) is 9.97 Å². The molecule has 4 aromatic heterocycles. The first-order valence-electron chi connectivity index (χ1n) is 15.4. The highest BCUT2D eigenvalue weighted by molar-refractivity contribution is 5.92. The second kappa shape index (κ2) is 14.4. The van der Waals surface area contributed by atoms with E-state index in [0.29, 0.717) is 37.8 Å². The van der Waals surface area contributed by atoms with E-state index in [9.17, 15) is 0 Å². The minimum Gasteiger partial charge on any atom is -0.395 e. The van der Waals surface area contributed by atoms with Gasteiger partial charge in [0.05, 0.1) is 13.2 Å². The number of fused-ring (bicyclic) bond motifs is 2. The van der Waals surface area contributed by atoms with Crippen LogP contribution in [0.5, 0.6) is 0 Å². The fourth-order valence-electron chi connectivity index (χ4n) is 5.59. The van der Waals surface area contributed by atoms with Crippen LogP contribution >= 0.6 is 0 Å². The fraction of sp³-hybridized carbons (Fsp3) is 0.222. The molecule has 0 saturated carbocycles. The molecule has 0 aliphatic rings. The van der Waals surface area contributed by atoms with E-state index in [1.165, 1.54) is 0 Å². The van der Waals surface area contributed by atoms with Crippen molar-refractivity contribution in [3.63, 3.8) is 0 Å². The molecular formula is C36H38N8O2. The topological polar surface area (TPSA) is 140 Å². The molecule has 0 fully saturated rings. The Bertz CT molecular complexity index is 1840. The summed E-state index contributed by atoms with van der Waals surface area (Å²) in [5.74, 6) is 1.39.